The van der Waals surface area contributed by atoms with Crippen LogP contribution in [-0.4, -0.2) is 24.4 Å². The second-order valence-corrected chi connectivity index (χ2v) is 5.53. The highest BCUT2D eigenvalue weighted by atomic mass is 19.1. The summed E-state index contributed by atoms with van der Waals surface area (Å²) >= 11 is 0. The molecule has 1 saturated carbocycles. The van der Waals surface area contributed by atoms with Crippen LogP contribution in [0.15, 0.2) is 18.2 Å². The van der Waals surface area contributed by atoms with Gasteiger partial charge in [-0.15, -0.1) is 0 Å². The Balaban J connectivity index is 1.73. The van der Waals surface area contributed by atoms with Gasteiger partial charge in [-0.05, 0) is 25.0 Å². The van der Waals surface area contributed by atoms with Gasteiger partial charge >= 0.3 is 0 Å². The van der Waals surface area contributed by atoms with Gasteiger partial charge in [0.15, 0.2) is 0 Å². The highest BCUT2D eigenvalue weighted by Gasteiger charge is 2.16. The maximum absolute atomic E-state index is 13.4. The van der Waals surface area contributed by atoms with Crippen LogP contribution < -0.4 is 10.6 Å². The minimum absolute atomic E-state index is 0.119. The van der Waals surface area contributed by atoms with Gasteiger partial charge in [-0.2, -0.15) is 0 Å². The third-order valence-electron chi connectivity index (χ3n) is 3.78. The molecular weight excluding hydrogens is 290 g/mol. The minimum Gasteiger partial charge on any atom is -0.353 e. The topological polar surface area (TPSA) is 58.2 Å². The van der Waals surface area contributed by atoms with Crippen LogP contribution in [0.25, 0.3) is 0 Å². The van der Waals surface area contributed by atoms with E-state index in [1.54, 1.807) is 0 Å². The van der Waals surface area contributed by atoms with Crippen LogP contribution in [0, 0.1) is 11.6 Å². The zero-order valence-corrected chi connectivity index (χ0v) is 12.3. The van der Waals surface area contributed by atoms with E-state index in [0.29, 0.717) is 6.07 Å². The first-order valence-electron chi connectivity index (χ1n) is 7.59. The summed E-state index contributed by atoms with van der Waals surface area (Å²) in [4.78, 5) is 23.5. The third-order valence-corrected chi connectivity index (χ3v) is 3.78. The molecule has 1 fully saturated rings. The summed E-state index contributed by atoms with van der Waals surface area (Å²) in [5, 5.41) is 5.40. The van der Waals surface area contributed by atoms with Crippen LogP contribution >= 0.6 is 0 Å². The van der Waals surface area contributed by atoms with Gasteiger partial charge in [0.2, 0.25) is 5.91 Å². The number of carbonyl (C=O) groups excluding carboxylic acids is 2. The van der Waals surface area contributed by atoms with Crippen molar-refractivity contribution in [1.29, 1.82) is 0 Å². The van der Waals surface area contributed by atoms with Crippen molar-refractivity contribution in [2.75, 3.05) is 6.54 Å². The molecule has 0 bridgehead atoms. The van der Waals surface area contributed by atoms with E-state index in [-0.39, 0.29) is 30.5 Å². The lowest BCUT2D eigenvalue weighted by atomic mass is 9.95. The molecule has 0 saturated heterocycles. The molecule has 0 heterocycles. The molecule has 0 aliphatic heterocycles. The Hall–Kier alpha value is -1.98. The van der Waals surface area contributed by atoms with Crippen molar-refractivity contribution in [3.8, 4) is 0 Å². The lowest BCUT2D eigenvalue weighted by Gasteiger charge is -2.22. The highest BCUT2D eigenvalue weighted by molar-refractivity contribution is 5.94. The van der Waals surface area contributed by atoms with E-state index in [4.69, 9.17) is 0 Å². The van der Waals surface area contributed by atoms with Crippen LogP contribution in [0.1, 0.15) is 48.9 Å². The van der Waals surface area contributed by atoms with Gasteiger partial charge in [0.05, 0.1) is 5.56 Å². The Morgan fingerprint density at radius 3 is 2.55 bits per heavy atom. The standard InChI is InChI=1S/C16H20F2N2O2/c17-11-6-7-13(14(18)10-11)16(22)19-9-8-15(21)20-12-4-2-1-3-5-12/h6-7,10,12H,1-5,8-9H2,(H,19,22)(H,20,21). The van der Waals surface area contributed by atoms with Gasteiger partial charge in [-0.1, -0.05) is 19.3 Å². The molecule has 120 valence electrons. The molecule has 1 aliphatic carbocycles. The summed E-state index contributed by atoms with van der Waals surface area (Å²) < 4.78 is 26.2. The number of benzene rings is 1. The van der Waals surface area contributed by atoms with Crippen LogP contribution in [0.4, 0.5) is 8.78 Å². The summed E-state index contributed by atoms with van der Waals surface area (Å²) in [5.41, 5.74) is -0.228. The first-order chi connectivity index (χ1) is 10.6. The molecule has 1 aromatic rings. The zero-order chi connectivity index (χ0) is 15.9. The van der Waals surface area contributed by atoms with E-state index in [1.807, 2.05) is 0 Å². The Morgan fingerprint density at radius 2 is 1.86 bits per heavy atom. The monoisotopic (exact) mass is 310 g/mol. The summed E-state index contributed by atoms with van der Waals surface area (Å²) in [6, 6.07) is 2.99. The van der Waals surface area contributed by atoms with Crippen LogP contribution in [0.3, 0.4) is 0 Å². The van der Waals surface area contributed by atoms with Crippen molar-refractivity contribution in [1.82, 2.24) is 10.6 Å². The molecule has 22 heavy (non-hydrogen) atoms. The van der Waals surface area contributed by atoms with Crippen LogP contribution in [-0.2, 0) is 4.79 Å². The molecule has 2 amide bonds. The van der Waals surface area contributed by atoms with Crippen LogP contribution in [0.5, 0.6) is 0 Å². The van der Waals surface area contributed by atoms with Gasteiger partial charge in [0.1, 0.15) is 11.6 Å². The Bertz CT molecular complexity index is 543. The van der Waals surface area contributed by atoms with Crippen molar-refractivity contribution in [2.45, 2.75) is 44.6 Å². The average molecular weight is 310 g/mol. The lowest BCUT2D eigenvalue weighted by Crippen LogP contribution is -2.38. The molecule has 1 aliphatic rings. The van der Waals surface area contributed by atoms with E-state index in [2.05, 4.69) is 10.6 Å². The molecule has 0 radical (unpaired) electrons. The quantitative estimate of drug-likeness (QED) is 0.878. The van der Waals surface area contributed by atoms with E-state index in [0.717, 1.165) is 37.8 Å². The predicted molar refractivity (Wildman–Crippen MR) is 78.3 cm³/mol. The van der Waals surface area contributed by atoms with Gasteiger partial charge < -0.3 is 10.6 Å². The number of amides is 2. The number of halogens is 2. The SMILES string of the molecule is O=C(CCNC(=O)c1ccc(F)cc1F)NC1CCCCC1. The second-order valence-electron chi connectivity index (χ2n) is 5.53. The summed E-state index contributed by atoms with van der Waals surface area (Å²) in [6.45, 7) is 0.119. The molecular formula is C16H20F2N2O2. The third kappa shape index (κ3) is 4.79. The molecule has 0 aromatic heterocycles. The maximum Gasteiger partial charge on any atom is 0.254 e. The van der Waals surface area contributed by atoms with Crippen molar-refractivity contribution in [3.05, 3.63) is 35.4 Å². The van der Waals surface area contributed by atoms with E-state index >= 15 is 0 Å². The average Bonchev–Trinajstić information content (AvgIpc) is 2.48. The fourth-order valence-electron chi connectivity index (χ4n) is 2.61. The van der Waals surface area contributed by atoms with Gasteiger partial charge in [-0.3, -0.25) is 9.59 Å². The zero-order valence-electron chi connectivity index (χ0n) is 12.3. The summed E-state index contributed by atoms with van der Waals surface area (Å²) in [5.74, 6) is -2.42. The van der Waals surface area contributed by atoms with E-state index in [1.165, 1.54) is 6.42 Å². The number of rotatable bonds is 5. The van der Waals surface area contributed by atoms with Gasteiger partial charge in [0, 0.05) is 25.1 Å². The van der Waals surface area contributed by atoms with E-state index in [9.17, 15) is 18.4 Å². The highest BCUT2D eigenvalue weighted by Crippen LogP contribution is 2.17. The van der Waals surface area contributed by atoms with E-state index < -0.39 is 17.5 Å². The van der Waals surface area contributed by atoms with Crippen molar-refractivity contribution in [3.63, 3.8) is 0 Å². The molecule has 4 nitrogen and oxygen atoms in total. The first-order valence-corrected chi connectivity index (χ1v) is 7.59. The molecule has 2 N–H and O–H groups in total. The summed E-state index contributed by atoms with van der Waals surface area (Å²) in [7, 11) is 0. The van der Waals surface area contributed by atoms with Gasteiger partial charge in [0.25, 0.3) is 5.91 Å². The number of hydrogen-bond donors (Lipinski definition) is 2. The Labute approximate surface area is 128 Å². The predicted octanol–water partition coefficient (Wildman–Crippen LogP) is 2.53. The minimum atomic E-state index is -0.913. The Morgan fingerprint density at radius 1 is 1.14 bits per heavy atom. The maximum atomic E-state index is 13.4. The first kappa shape index (κ1) is 16.4. The second kappa shape index (κ2) is 7.87. The molecule has 1 aromatic carbocycles. The molecule has 2 rings (SSSR count). The van der Waals surface area contributed by atoms with Crippen molar-refractivity contribution >= 4 is 11.8 Å². The lowest BCUT2D eigenvalue weighted by molar-refractivity contribution is -0.121. The smallest absolute Gasteiger partial charge is 0.254 e. The fourth-order valence-corrected chi connectivity index (χ4v) is 2.61. The number of carbonyl (C=O) groups is 2. The number of nitrogens with one attached hydrogen (secondary N) is 2. The van der Waals surface area contributed by atoms with Crippen LogP contribution in [0.2, 0.25) is 0 Å². The molecule has 0 spiro atoms. The fraction of sp³-hybridized carbons (Fsp3) is 0.500. The molecule has 0 atom stereocenters. The van der Waals surface area contributed by atoms with Crippen molar-refractivity contribution in [2.24, 2.45) is 0 Å². The van der Waals surface area contributed by atoms with Gasteiger partial charge in [-0.25, -0.2) is 8.78 Å². The normalized spacial score (nSPS) is 15.4. The van der Waals surface area contributed by atoms with Crippen molar-refractivity contribution < 1.29 is 18.4 Å². The molecule has 6 heteroatoms. The molecule has 0 unspecified atom stereocenters. The largest absolute Gasteiger partial charge is 0.353 e. The number of hydrogen-bond acceptors (Lipinski definition) is 2. The summed E-state index contributed by atoms with van der Waals surface area (Å²) in [6.07, 6.45) is 5.62. The Kier molecular flexibility index (Phi) is 5.86.